The second kappa shape index (κ2) is 10.1. The number of benzene rings is 2. The van der Waals surface area contributed by atoms with Gasteiger partial charge >= 0.3 is 5.97 Å². The molecule has 2 aromatic rings. The Kier molecular flexibility index (Phi) is 7.78. The number of carbonyl (C=O) groups excluding carboxylic acids is 2. The number of ether oxygens (including phenoxy) is 1. The third-order valence-electron chi connectivity index (χ3n) is 4.36. The lowest BCUT2D eigenvalue weighted by Gasteiger charge is -2.22. The Morgan fingerprint density at radius 3 is 2.21 bits per heavy atom. The van der Waals surface area contributed by atoms with Crippen molar-refractivity contribution in [3.8, 4) is 0 Å². The molecule has 0 aromatic heterocycles. The van der Waals surface area contributed by atoms with Crippen LogP contribution in [0.4, 0.5) is 5.69 Å². The number of nitrogens with zero attached hydrogens (tertiary/aromatic N) is 1. The van der Waals surface area contributed by atoms with Gasteiger partial charge in [-0.15, -0.1) is 0 Å². The molecule has 0 bridgehead atoms. The van der Waals surface area contributed by atoms with Crippen molar-refractivity contribution in [3.05, 3.63) is 60.2 Å². The summed E-state index contributed by atoms with van der Waals surface area (Å²) in [6.45, 7) is 5.42. The van der Waals surface area contributed by atoms with Gasteiger partial charge in [0.1, 0.15) is 0 Å². The van der Waals surface area contributed by atoms with Crippen molar-refractivity contribution >= 4 is 27.6 Å². The van der Waals surface area contributed by atoms with Gasteiger partial charge in [0.15, 0.2) is 6.61 Å². The molecule has 0 saturated carbocycles. The molecule has 0 aliphatic rings. The Bertz CT molecular complexity index is 927. The van der Waals surface area contributed by atoms with Gasteiger partial charge in [-0.2, -0.15) is 0 Å². The summed E-state index contributed by atoms with van der Waals surface area (Å²) in [7, 11) is -3.77. The first kappa shape index (κ1) is 22.4. The molecule has 2 rings (SSSR count). The molecule has 0 heterocycles. The Morgan fingerprint density at radius 1 is 1.03 bits per heavy atom. The van der Waals surface area contributed by atoms with E-state index < -0.39 is 16.0 Å². The van der Waals surface area contributed by atoms with Gasteiger partial charge in [-0.05, 0) is 56.7 Å². The summed E-state index contributed by atoms with van der Waals surface area (Å²) in [5, 5.41) is 2.70. The molecular weight excluding hydrogens is 392 g/mol. The fourth-order valence-electron chi connectivity index (χ4n) is 2.61. The topological polar surface area (TPSA) is 92.8 Å². The highest BCUT2D eigenvalue weighted by Crippen LogP contribution is 2.23. The molecule has 0 radical (unpaired) electrons. The number of hydrogen-bond donors (Lipinski definition) is 1. The van der Waals surface area contributed by atoms with Gasteiger partial charge in [-0.1, -0.05) is 25.1 Å². The first-order chi connectivity index (χ1) is 13.8. The van der Waals surface area contributed by atoms with E-state index in [4.69, 9.17) is 4.74 Å². The average molecular weight is 419 g/mol. The van der Waals surface area contributed by atoms with Crippen LogP contribution in [0.5, 0.6) is 0 Å². The number of para-hydroxylation sites is 1. The lowest BCUT2D eigenvalue weighted by atomic mass is 10.2. The van der Waals surface area contributed by atoms with E-state index in [0.29, 0.717) is 5.69 Å². The Morgan fingerprint density at radius 2 is 1.66 bits per heavy atom. The molecule has 1 amide bonds. The highest BCUT2D eigenvalue weighted by molar-refractivity contribution is 7.92. The van der Waals surface area contributed by atoms with Crippen LogP contribution in [0.3, 0.4) is 0 Å². The quantitative estimate of drug-likeness (QED) is 0.632. The number of esters is 1. The zero-order valence-electron chi connectivity index (χ0n) is 16.8. The minimum atomic E-state index is -3.77. The summed E-state index contributed by atoms with van der Waals surface area (Å²) in [4.78, 5) is 23.9. The van der Waals surface area contributed by atoms with Gasteiger partial charge in [-0.3, -0.25) is 9.10 Å². The molecule has 1 atom stereocenters. The number of hydrogen-bond acceptors (Lipinski definition) is 5. The number of sulfonamides is 1. The average Bonchev–Trinajstić information content (AvgIpc) is 2.73. The third-order valence-corrected chi connectivity index (χ3v) is 6.28. The lowest BCUT2D eigenvalue weighted by molar-refractivity contribution is -0.124. The van der Waals surface area contributed by atoms with E-state index in [1.807, 2.05) is 19.9 Å². The van der Waals surface area contributed by atoms with Crippen LogP contribution in [0.25, 0.3) is 0 Å². The maximum Gasteiger partial charge on any atom is 0.338 e. The molecule has 0 fully saturated rings. The first-order valence-electron chi connectivity index (χ1n) is 9.44. The van der Waals surface area contributed by atoms with Crippen molar-refractivity contribution in [2.75, 3.05) is 17.5 Å². The van der Waals surface area contributed by atoms with Gasteiger partial charge in [-0.25, -0.2) is 13.2 Å². The lowest BCUT2D eigenvalue weighted by Crippen LogP contribution is -2.35. The van der Waals surface area contributed by atoms with Gasteiger partial charge in [0.05, 0.1) is 16.1 Å². The van der Waals surface area contributed by atoms with Crippen LogP contribution in [-0.2, 0) is 19.6 Å². The Hall–Kier alpha value is -2.87. The maximum atomic E-state index is 12.9. The van der Waals surface area contributed by atoms with E-state index >= 15 is 0 Å². The van der Waals surface area contributed by atoms with Crippen molar-refractivity contribution < 1.29 is 22.7 Å². The molecular formula is C21H26N2O5S. The van der Waals surface area contributed by atoms with Gasteiger partial charge in [0, 0.05) is 12.6 Å². The number of amides is 1. The van der Waals surface area contributed by atoms with Crippen molar-refractivity contribution in [2.45, 2.75) is 38.1 Å². The fourth-order valence-corrected chi connectivity index (χ4v) is 4.08. The minimum Gasteiger partial charge on any atom is -0.452 e. The summed E-state index contributed by atoms with van der Waals surface area (Å²) in [5.41, 5.74) is 0.730. The van der Waals surface area contributed by atoms with Gasteiger partial charge < -0.3 is 10.1 Å². The molecule has 1 unspecified atom stereocenters. The van der Waals surface area contributed by atoms with E-state index in [1.54, 1.807) is 31.2 Å². The molecule has 1 N–H and O–H groups in total. The fraction of sp³-hybridized carbons (Fsp3) is 0.333. The molecule has 0 aliphatic carbocycles. The Balaban J connectivity index is 2.08. The van der Waals surface area contributed by atoms with E-state index in [-0.39, 0.29) is 35.6 Å². The second-order valence-corrected chi connectivity index (χ2v) is 8.34. The van der Waals surface area contributed by atoms with E-state index in [2.05, 4.69) is 5.32 Å². The van der Waals surface area contributed by atoms with Crippen LogP contribution in [0.15, 0.2) is 59.5 Å². The highest BCUT2D eigenvalue weighted by Gasteiger charge is 2.24. The predicted molar refractivity (Wildman–Crippen MR) is 111 cm³/mol. The zero-order valence-corrected chi connectivity index (χ0v) is 17.6. The predicted octanol–water partition coefficient (Wildman–Crippen LogP) is 2.97. The van der Waals surface area contributed by atoms with Crippen molar-refractivity contribution in [3.63, 3.8) is 0 Å². The van der Waals surface area contributed by atoms with E-state index in [0.717, 1.165) is 6.42 Å². The summed E-state index contributed by atoms with van der Waals surface area (Å²) in [5.74, 6) is -1.07. The normalized spacial score (nSPS) is 12.1. The monoisotopic (exact) mass is 418 g/mol. The van der Waals surface area contributed by atoms with Gasteiger partial charge in [0.2, 0.25) is 0 Å². The van der Waals surface area contributed by atoms with E-state index in [9.17, 15) is 18.0 Å². The number of nitrogens with one attached hydrogen (secondary N) is 1. The van der Waals surface area contributed by atoms with Crippen LogP contribution >= 0.6 is 0 Å². The summed E-state index contributed by atoms with van der Waals surface area (Å²) < 4.78 is 32.2. The molecule has 8 heteroatoms. The molecule has 29 heavy (non-hydrogen) atoms. The van der Waals surface area contributed by atoms with Crippen LogP contribution in [0, 0.1) is 0 Å². The number of carbonyl (C=O) groups is 2. The number of anilines is 1. The van der Waals surface area contributed by atoms with Gasteiger partial charge in [0.25, 0.3) is 15.9 Å². The SMILES string of the molecule is CCC(C)NC(=O)COC(=O)c1ccc(S(=O)(=O)N(CC)c2ccccc2)cc1. The maximum absolute atomic E-state index is 12.9. The van der Waals surface area contributed by atoms with Crippen LogP contribution < -0.4 is 9.62 Å². The Labute approximate surface area is 171 Å². The summed E-state index contributed by atoms with van der Waals surface area (Å²) in [6.07, 6.45) is 0.771. The molecule has 2 aromatic carbocycles. The largest absolute Gasteiger partial charge is 0.452 e. The van der Waals surface area contributed by atoms with Crippen molar-refractivity contribution in [1.29, 1.82) is 0 Å². The molecule has 0 saturated heterocycles. The molecule has 0 spiro atoms. The first-order valence-corrected chi connectivity index (χ1v) is 10.9. The van der Waals surface area contributed by atoms with Crippen molar-refractivity contribution in [2.24, 2.45) is 0 Å². The standard InChI is InChI=1S/C21H26N2O5S/c1-4-16(3)22-20(24)15-28-21(25)17-11-13-19(14-12-17)29(26,27)23(5-2)18-9-7-6-8-10-18/h6-14,16H,4-5,15H2,1-3H3,(H,22,24). The number of rotatable bonds is 9. The minimum absolute atomic E-state index is 0.00295. The molecule has 0 aliphatic heterocycles. The smallest absolute Gasteiger partial charge is 0.338 e. The zero-order chi connectivity index (χ0) is 21.4. The van der Waals surface area contributed by atoms with Crippen LogP contribution in [0.2, 0.25) is 0 Å². The molecule has 7 nitrogen and oxygen atoms in total. The highest BCUT2D eigenvalue weighted by atomic mass is 32.2. The van der Waals surface area contributed by atoms with Crippen LogP contribution in [0.1, 0.15) is 37.6 Å². The second-order valence-electron chi connectivity index (χ2n) is 6.48. The van der Waals surface area contributed by atoms with Crippen molar-refractivity contribution in [1.82, 2.24) is 5.32 Å². The third kappa shape index (κ3) is 5.80. The van der Waals surface area contributed by atoms with Crippen LogP contribution in [-0.4, -0.2) is 39.5 Å². The molecule has 156 valence electrons. The summed E-state index contributed by atoms with van der Waals surface area (Å²) in [6, 6.07) is 14.3. The summed E-state index contributed by atoms with van der Waals surface area (Å²) >= 11 is 0. The van der Waals surface area contributed by atoms with E-state index in [1.165, 1.54) is 28.6 Å².